The van der Waals surface area contributed by atoms with Gasteiger partial charge in [-0.05, 0) is 106 Å². The number of carbonyl (C=O) groups excluding carboxylic acids is 1. The molecule has 0 radical (unpaired) electrons. The van der Waals surface area contributed by atoms with Crippen molar-refractivity contribution in [2.75, 3.05) is 31.5 Å². The van der Waals surface area contributed by atoms with E-state index >= 15 is 0 Å². The lowest BCUT2D eigenvalue weighted by Crippen LogP contribution is -2.44. The number of nitrogens with zero attached hydrogens (tertiary/aromatic N) is 2. The van der Waals surface area contributed by atoms with Crippen molar-refractivity contribution in [3.05, 3.63) is 58.3 Å². The summed E-state index contributed by atoms with van der Waals surface area (Å²) in [5.41, 5.74) is 5.99. The minimum atomic E-state index is -0.880. The average Bonchev–Trinajstić information content (AvgIpc) is 2.92. The van der Waals surface area contributed by atoms with Gasteiger partial charge in [0.25, 0.3) is 0 Å². The van der Waals surface area contributed by atoms with Crippen molar-refractivity contribution in [1.29, 1.82) is 0 Å². The van der Waals surface area contributed by atoms with Gasteiger partial charge in [-0.1, -0.05) is 24.3 Å². The summed E-state index contributed by atoms with van der Waals surface area (Å²) in [4.78, 5) is 32.3. The molecule has 1 fully saturated rings. The highest BCUT2D eigenvalue weighted by Gasteiger charge is 2.29. The Bertz CT molecular complexity index is 1120. The van der Waals surface area contributed by atoms with Crippen LogP contribution in [0.25, 0.3) is 0 Å². The molecule has 0 saturated carbocycles. The van der Waals surface area contributed by atoms with Gasteiger partial charge < -0.3 is 20.6 Å². The molecule has 3 aliphatic rings. The van der Waals surface area contributed by atoms with E-state index in [1.54, 1.807) is 0 Å². The lowest BCUT2D eigenvalue weighted by molar-refractivity contribution is -0.138. The lowest BCUT2D eigenvalue weighted by Gasteiger charge is -2.33. The molecule has 2 atom stereocenters. The van der Waals surface area contributed by atoms with Crippen molar-refractivity contribution in [1.82, 2.24) is 15.2 Å². The van der Waals surface area contributed by atoms with E-state index in [0.717, 1.165) is 94.6 Å². The first-order valence-electron chi connectivity index (χ1n) is 14.1. The highest BCUT2D eigenvalue weighted by molar-refractivity contribution is 5.80. The lowest BCUT2D eigenvalue weighted by atomic mass is 9.85. The van der Waals surface area contributed by atoms with Crippen molar-refractivity contribution < 1.29 is 14.7 Å². The van der Waals surface area contributed by atoms with E-state index in [2.05, 4.69) is 33.7 Å². The molecule has 37 heavy (non-hydrogen) atoms. The van der Waals surface area contributed by atoms with Gasteiger partial charge in [0, 0.05) is 18.8 Å². The quantitative estimate of drug-likeness (QED) is 0.472. The van der Waals surface area contributed by atoms with Gasteiger partial charge in [-0.15, -0.1) is 0 Å². The molecular formula is C30H40N4O3. The predicted molar refractivity (Wildman–Crippen MR) is 145 cm³/mol. The van der Waals surface area contributed by atoms with Crippen LogP contribution >= 0.6 is 0 Å². The molecule has 1 saturated heterocycles. The summed E-state index contributed by atoms with van der Waals surface area (Å²) < 4.78 is 0. The van der Waals surface area contributed by atoms with Gasteiger partial charge in [-0.2, -0.15) is 0 Å². The van der Waals surface area contributed by atoms with Crippen molar-refractivity contribution in [2.45, 2.75) is 76.7 Å². The molecule has 0 bridgehead atoms. The van der Waals surface area contributed by atoms with Crippen molar-refractivity contribution in [2.24, 2.45) is 5.92 Å². The molecule has 198 valence electrons. The van der Waals surface area contributed by atoms with Gasteiger partial charge in [-0.25, -0.2) is 4.98 Å². The third-order valence-corrected chi connectivity index (χ3v) is 8.24. The van der Waals surface area contributed by atoms with Crippen LogP contribution in [0.2, 0.25) is 0 Å². The van der Waals surface area contributed by atoms with Gasteiger partial charge in [0.1, 0.15) is 5.82 Å². The largest absolute Gasteiger partial charge is 0.481 e. The van der Waals surface area contributed by atoms with Crippen LogP contribution in [0, 0.1) is 5.92 Å². The number of hydrogen-bond donors (Lipinski definition) is 3. The van der Waals surface area contributed by atoms with Crippen molar-refractivity contribution in [3.63, 3.8) is 0 Å². The Kier molecular flexibility index (Phi) is 8.39. The highest BCUT2D eigenvalue weighted by Crippen LogP contribution is 2.30. The van der Waals surface area contributed by atoms with E-state index in [-0.39, 0.29) is 18.2 Å². The Morgan fingerprint density at radius 3 is 2.84 bits per heavy atom. The minimum Gasteiger partial charge on any atom is -0.481 e. The third kappa shape index (κ3) is 6.50. The summed E-state index contributed by atoms with van der Waals surface area (Å²) in [6.45, 7) is 3.69. The van der Waals surface area contributed by atoms with Crippen molar-refractivity contribution >= 4 is 17.7 Å². The second-order valence-corrected chi connectivity index (χ2v) is 10.9. The van der Waals surface area contributed by atoms with Gasteiger partial charge in [-0.3, -0.25) is 9.59 Å². The number of carboxylic acid groups (broad SMARTS) is 1. The van der Waals surface area contributed by atoms with Crippen LogP contribution in [-0.2, 0) is 35.3 Å². The number of aryl methyl sites for hydroxylation is 3. The number of fused-ring (bicyclic) bond motifs is 2. The Balaban J connectivity index is 1.17. The number of likely N-dealkylation sites (tertiary alicyclic amines) is 1. The highest BCUT2D eigenvalue weighted by atomic mass is 16.4. The molecule has 0 unspecified atom stereocenters. The number of anilines is 1. The summed E-state index contributed by atoms with van der Waals surface area (Å²) >= 11 is 0. The predicted octanol–water partition coefficient (Wildman–Crippen LogP) is 4.30. The maximum absolute atomic E-state index is 13.4. The molecule has 1 aromatic carbocycles. The Hall–Kier alpha value is -2.93. The fourth-order valence-corrected chi connectivity index (χ4v) is 6.30. The van der Waals surface area contributed by atoms with E-state index in [1.807, 2.05) is 12.1 Å². The van der Waals surface area contributed by atoms with E-state index in [0.29, 0.717) is 0 Å². The van der Waals surface area contributed by atoms with Crippen LogP contribution in [0.15, 0.2) is 30.3 Å². The molecule has 3 heterocycles. The Labute approximate surface area is 220 Å². The summed E-state index contributed by atoms with van der Waals surface area (Å²) in [6.07, 6.45) is 10.3. The molecule has 0 spiro atoms. The number of hydrogen-bond acceptors (Lipinski definition) is 5. The number of piperidine rings is 1. The van der Waals surface area contributed by atoms with Gasteiger partial charge in [0.05, 0.1) is 18.4 Å². The number of carbonyl (C=O) groups is 2. The van der Waals surface area contributed by atoms with Crippen LogP contribution in [0.1, 0.15) is 78.9 Å². The average molecular weight is 505 g/mol. The van der Waals surface area contributed by atoms with E-state index in [1.165, 1.54) is 29.5 Å². The monoisotopic (exact) mass is 504 g/mol. The van der Waals surface area contributed by atoms with Gasteiger partial charge in [0.2, 0.25) is 5.91 Å². The molecule has 2 aromatic rings. The van der Waals surface area contributed by atoms with E-state index in [4.69, 9.17) is 4.98 Å². The van der Waals surface area contributed by atoms with Gasteiger partial charge >= 0.3 is 5.97 Å². The number of rotatable bonds is 9. The summed E-state index contributed by atoms with van der Waals surface area (Å²) in [6, 6.07) is 10.1. The molecule has 1 aromatic heterocycles. The maximum Gasteiger partial charge on any atom is 0.305 e. The molecule has 1 aliphatic carbocycles. The molecule has 7 nitrogen and oxygen atoms in total. The molecule has 2 aliphatic heterocycles. The third-order valence-electron chi connectivity index (χ3n) is 8.24. The molecule has 5 rings (SSSR count). The van der Waals surface area contributed by atoms with E-state index < -0.39 is 12.0 Å². The topological polar surface area (TPSA) is 94.6 Å². The number of pyridine rings is 1. The molecule has 3 N–H and O–H groups in total. The fourth-order valence-electron chi connectivity index (χ4n) is 6.30. The summed E-state index contributed by atoms with van der Waals surface area (Å²) in [5.74, 6) is 0.0615. The SMILES string of the molecule is O=C(O)C[C@H](NC(=O)[C@@H]1CCCN(CCCc2ccc3c(n2)NCCC3)C1)c1cccc2c1CCCC2. The molecule has 1 amide bonds. The standard InChI is InChI=1S/C30H40N4O3/c35-28(36)19-27(26-13-3-8-21-7-1-2-12-25(21)26)33-30(37)23-10-5-17-34(20-23)18-6-11-24-15-14-22-9-4-16-31-29(22)32-24/h3,8,13-15,23,27H,1-2,4-7,9-12,16-20H2,(H,31,32)(H,33,37)(H,35,36)/t23-,27+/m1/s1. The zero-order chi connectivity index (χ0) is 25.6. The number of benzene rings is 1. The van der Waals surface area contributed by atoms with Crippen LogP contribution in [-0.4, -0.2) is 53.0 Å². The summed E-state index contributed by atoms with van der Waals surface area (Å²) in [7, 11) is 0. The zero-order valence-electron chi connectivity index (χ0n) is 21.8. The summed E-state index contributed by atoms with van der Waals surface area (Å²) in [5, 5.41) is 16.2. The second-order valence-electron chi connectivity index (χ2n) is 10.9. The molecular weight excluding hydrogens is 464 g/mol. The molecule has 7 heteroatoms. The van der Waals surface area contributed by atoms with Crippen molar-refractivity contribution in [3.8, 4) is 0 Å². The number of nitrogens with one attached hydrogen (secondary N) is 2. The van der Waals surface area contributed by atoms with Crippen LogP contribution in [0.5, 0.6) is 0 Å². The first kappa shape index (κ1) is 25.7. The maximum atomic E-state index is 13.4. The minimum absolute atomic E-state index is 0.00760. The number of aromatic nitrogens is 1. The van der Waals surface area contributed by atoms with Crippen LogP contribution in [0.4, 0.5) is 5.82 Å². The number of amides is 1. The zero-order valence-corrected chi connectivity index (χ0v) is 21.8. The Morgan fingerprint density at radius 2 is 1.95 bits per heavy atom. The van der Waals surface area contributed by atoms with Gasteiger partial charge in [0.15, 0.2) is 0 Å². The smallest absolute Gasteiger partial charge is 0.305 e. The number of aliphatic carboxylic acids is 1. The van der Waals surface area contributed by atoms with E-state index in [9.17, 15) is 14.7 Å². The normalized spacial score (nSPS) is 20.3. The number of carboxylic acids is 1. The second kappa shape index (κ2) is 12.1. The first-order chi connectivity index (χ1) is 18.1. The Morgan fingerprint density at radius 1 is 1.08 bits per heavy atom. The van der Waals surface area contributed by atoms with Crippen LogP contribution < -0.4 is 10.6 Å². The first-order valence-corrected chi connectivity index (χ1v) is 14.1. The van der Waals surface area contributed by atoms with Crippen LogP contribution in [0.3, 0.4) is 0 Å². The fraction of sp³-hybridized carbons (Fsp3) is 0.567.